The Morgan fingerprint density at radius 2 is 2.29 bits per heavy atom. The van der Waals surface area contributed by atoms with Gasteiger partial charge in [0.05, 0.1) is 0 Å². The maximum atomic E-state index is 4.48. The van der Waals surface area contributed by atoms with Crippen LogP contribution in [0.2, 0.25) is 0 Å². The van der Waals surface area contributed by atoms with Crippen molar-refractivity contribution in [3.8, 4) is 10.6 Å². The number of rotatable bonds is 4. The molecule has 0 atom stereocenters. The number of aromatic nitrogens is 1. The first-order chi connectivity index (χ1) is 8.31. The minimum Gasteiger partial charge on any atom is -0.309 e. The summed E-state index contributed by atoms with van der Waals surface area (Å²) < 4.78 is 1.10. The highest BCUT2D eigenvalue weighted by atomic mass is 79.9. The number of nitrogens with zero attached hydrogens (tertiary/aromatic N) is 1. The first kappa shape index (κ1) is 11.4. The standard InChI is InChI=1S/C13H13BrN2S/c14-10-3-1-2-9(6-10)13-16-8-12(17-13)7-15-11-4-5-11/h1-3,6,8,11,15H,4-5,7H2. The molecule has 1 aliphatic carbocycles. The number of hydrogen-bond donors (Lipinski definition) is 1. The lowest BCUT2D eigenvalue weighted by atomic mass is 10.2. The van der Waals surface area contributed by atoms with Gasteiger partial charge in [0.15, 0.2) is 0 Å². The number of hydrogen-bond acceptors (Lipinski definition) is 3. The lowest BCUT2D eigenvalue weighted by molar-refractivity contribution is 0.694. The fraction of sp³-hybridized carbons (Fsp3) is 0.308. The number of halogens is 1. The molecule has 1 heterocycles. The third-order valence-electron chi connectivity index (χ3n) is 2.77. The van der Waals surface area contributed by atoms with E-state index in [4.69, 9.17) is 0 Å². The van der Waals surface area contributed by atoms with E-state index in [1.54, 1.807) is 11.3 Å². The van der Waals surface area contributed by atoms with E-state index >= 15 is 0 Å². The third kappa shape index (κ3) is 2.94. The van der Waals surface area contributed by atoms with Gasteiger partial charge in [0.25, 0.3) is 0 Å². The van der Waals surface area contributed by atoms with Crippen LogP contribution in [0.5, 0.6) is 0 Å². The molecule has 17 heavy (non-hydrogen) atoms. The molecule has 1 N–H and O–H groups in total. The minimum absolute atomic E-state index is 0.756. The van der Waals surface area contributed by atoms with Gasteiger partial charge in [0, 0.05) is 33.7 Å². The molecule has 88 valence electrons. The zero-order valence-corrected chi connectivity index (χ0v) is 11.7. The fourth-order valence-corrected chi connectivity index (χ4v) is 2.94. The second-order valence-electron chi connectivity index (χ2n) is 4.30. The van der Waals surface area contributed by atoms with E-state index in [0.717, 1.165) is 22.1 Å². The Balaban J connectivity index is 1.74. The zero-order chi connectivity index (χ0) is 11.7. The van der Waals surface area contributed by atoms with E-state index in [1.807, 2.05) is 18.3 Å². The summed E-state index contributed by atoms with van der Waals surface area (Å²) in [7, 11) is 0. The summed E-state index contributed by atoms with van der Waals surface area (Å²) in [5, 5.41) is 4.61. The topological polar surface area (TPSA) is 24.9 Å². The highest BCUT2D eigenvalue weighted by Gasteiger charge is 2.20. The average molecular weight is 309 g/mol. The molecular weight excluding hydrogens is 296 g/mol. The van der Waals surface area contributed by atoms with Crippen LogP contribution in [0.1, 0.15) is 17.7 Å². The first-order valence-corrected chi connectivity index (χ1v) is 7.36. The van der Waals surface area contributed by atoms with Crippen molar-refractivity contribution in [2.45, 2.75) is 25.4 Å². The van der Waals surface area contributed by atoms with E-state index in [0.29, 0.717) is 0 Å². The van der Waals surface area contributed by atoms with Crippen LogP contribution in [0.4, 0.5) is 0 Å². The van der Waals surface area contributed by atoms with Crippen LogP contribution in [0.15, 0.2) is 34.9 Å². The van der Waals surface area contributed by atoms with Crippen molar-refractivity contribution in [3.05, 3.63) is 39.8 Å². The molecule has 1 fully saturated rings. The van der Waals surface area contributed by atoms with Crippen molar-refractivity contribution in [2.24, 2.45) is 0 Å². The summed E-state index contributed by atoms with van der Waals surface area (Å²) >= 11 is 5.26. The normalized spacial score (nSPS) is 15.1. The van der Waals surface area contributed by atoms with Crippen LogP contribution >= 0.6 is 27.3 Å². The largest absolute Gasteiger partial charge is 0.309 e. The summed E-state index contributed by atoms with van der Waals surface area (Å²) in [6, 6.07) is 9.04. The Kier molecular flexibility index (Phi) is 3.27. The SMILES string of the molecule is Brc1cccc(-c2ncc(CNC3CC3)s2)c1. The molecule has 0 amide bonds. The van der Waals surface area contributed by atoms with Gasteiger partial charge in [-0.05, 0) is 25.0 Å². The highest BCUT2D eigenvalue weighted by Crippen LogP contribution is 2.28. The molecule has 2 nitrogen and oxygen atoms in total. The minimum atomic E-state index is 0.756. The summed E-state index contributed by atoms with van der Waals surface area (Å²) in [6.45, 7) is 0.955. The maximum Gasteiger partial charge on any atom is 0.123 e. The van der Waals surface area contributed by atoms with Gasteiger partial charge in [-0.1, -0.05) is 28.1 Å². The molecule has 0 aliphatic heterocycles. The Bertz CT molecular complexity index is 520. The number of benzene rings is 1. The van der Waals surface area contributed by atoms with Crippen molar-refractivity contribution in [1.29, 1.82) is 0 Å². The van der Waals surface area contributed by atoms with Gasteiger partial charge in [-0.3, -0.25) is 0 Å². The molecule has 1 aromatic heterocycles. The van der Waals surface area contributed by atoms with Crippen molar-refractivity contribution in [2.75, 3.05) is 0 Å². The summed E-state index contributed by atoms with van der Waals surface area (Å²) in [5.41, 5.74) is 1.18. The van der Waals surface area contributed by atoms with Crippen LogP contribution in [-0.4, -0.2) is 11.0 Å². The molecule has 3 rings (SSSR count). The van der Waals surface area contributed by atoms with Crippen LogP contribution in [0, 0.1) is 0 Å². The summed E-state index contributed by atoms with van der Waals surface area (Å²) in [5.74, 6) is 0. The van der Waals surface area contributed by atoms with Crippen LogP contribution < -0.4 is 5.32 Å². The fourth-order valence-electron chi connectivity index (χ4n) is 1.68. The van der Waals surface area contributed by atoms with E-state index in [9.17, 15) is 0 Å². The average Bonchev–Trinajstić information content (AvgIpc) is 3.04. The first-order valence-electron chi connectivity index (χ1n) is 5.75. The second-order valence-corrected chi connectivity index (χ2v) is 6.33. The smallest absolute Gasteiger partial charge is 0.123 e. The van der Waals surface area contributed by atoms with Gasteiger partial charge in [0.1, 0.15) is 5.01 Å². The van der Waals surface area contributed by atoms with Crippen molar-refractivity contribution < 1.29 is 0 Å². The third-order valence-corrected chi connectivity index (χ3v) is 4.31. The lowest BCUT2D eigenvalue weighted by Gasteiger charge is -1.98. The Hall–Kier alpha value is -0.710. The second kappa shape index (κ2) is 4.88. The van der Waals surface area contributed by atoms with Gasteiger partial charge < -0.3 is 5.32 Å². The quantitative estimate of drug-likeness (QED) is 0.928. The Morgan fingerprint density at radius 3 is 3.06 bits per heavy atom. The molecule has 0 bridgehead atoms. The predicted molar refractivity (Wildman–Crippen MR) is 75.1 cm³/mol. The van der Waals surface area contributed by atoms with Crippen LogP contribution in [0.3, 0.4) is 0 Å². The lowest BCUT2D eigenvalue weighted by Crippen LogP contribution is -2.14. The Labute approximate surface area is 113 Å². The summed E-state index contributed by atoms with van der Waals surface area (Å²) in [6.07, 6.45) is 4.64. The van der Waals surface area contributed by atoms with Crippen molar-refractivity contribution in [3.63, 3.8) is 0 Å². The molecule has 0 unspecified atom stereocenters. The van der Waals surface area contributed by atoms with Crippen molar-refractivity contribution in [1.82, 2.24) is 10.3 Å². The van der Waals surface area contributed by atoms with E-state index in [-0.39, 0.29) is 0 Å². The monoisotopic (exact) mass is 308 g/mol. The summed E-state index contributed by atoms with van der Waals surface area (Å²) in [4.78, 5) is 5.80. The Morgan fingerprint density at radius 1 is 1.41 bits per heavy atom. The number of nitrogens with one attached hydrogen (secondary N) is 1. The van der Waals surface area contributed by atoms with Gasteiger partial charge in [-0.2, -0.15) is 0 Å². The molecule has 0 spiro atoms. The van der Waals surface area contributed by atoms with Gasteiger partial charge in [-0.25, -0.2) is 4.98 Å². The molecule has 1 saturated carbocycles. The molecule has 4 heteroatoms. The molecule has 0 saturated heterocycles. The van der Waals surface area contributed by atoms with E-state index < -0.39 is 0 Å². The molecule has 0 radical (unpaired) electrons. The maximum absolute atomic E-state index is 4.48. The van der Waals surface area contributed by atoms with E-state index in [1.165, 1.54) is 23.3 Å². The zero-order valence-electron chi connectivity index (χ0n) is 9.32. The van der Waals surface area contributed by atoms with Gasteiger partial charge in [0.2, 0.25) is 0 Å². The predicted octanol–water partition coefficient (Wildman–Crippen LogP) is 3.82. The van der Waals surface area contributed by atoms with Crippen LogP contribution in [0.25, 0.3) is 10.6 Å². The van der Waals surface area contributed by atoms with Gasteiger partial charge >= 0.3 is 0 Å². The number of thiazole rings is 1. The van der Waals surface area contributed by atoms with Crippen molar-refractivity contribution >= 4 is 27.3 Å². The molecular formula is C13H13BrN2S. The van der Waals surface area contributed by atoms with Gasteiger partial charge in [-0.15, -0.1) is 11.3 Å². The highest BCUT2D eigenvalue weighted by molar-refractivity contribution is 9.10. The van der Waals surface area contributed by atoms with E-state index in [2.05, 4.69) is 38.4 Å². The molecule has 2 aromatic rings. The van der Waals surface area contributed by atoms with Crippen LogP contribution in [-0.2, 0) is 6.54 Å². The molecule has 1 aliphatic rings. The molecule has 1 aromatic carbocycles.